The molecule has 0 fully saturated rings. The van der Waals surface area contributed by atoms with Crippen molar-refractivity contribution in [3.8, 4) is 11.4 Å². The molecule has 0 aliphatic carbocycles. The predicted molar refractivity (Wildman–Crippen MR) is 93.3 cm³/mol. The van der Waals surface area contributed by atoms with E-state index in [1.54, 1.807) is 0 Å². The summed E-state index contributed by atoms with van der Waals surface area (Å²) in [6.45, 7) is 7.30. The van der Waals surface area contributed by atoms with Gasteiger partial charge in [-0.1, -0.05) is 32.9 Å². The minimum atomic E-state index is 0.0579. The van der Waals surface area contributed by atoms with E-state index in [-0.39, 0.29) is 5.41 Å². The van der Waals surface area contributed by atoms with Gasteiger partial charge in [0.1, 0.15) is 5.82 Å². The zero-order chi connectivity index (χ0) is 16.4. The quantitative estimate of drug-likeness (QED) is 0.772. The Labute approximate surface area is 136 Å². The molecule has 0 spiro atoms. The number of benzene rings is 1. The predicted octanol–water partition coefficient (Wildman–Crippen LogP) is 3.72. The number of aromatic amines is 1. The van der Waals surface area contributed by atoms with Crippen LogP contribution < -0.4 is 5.32 Å². The number of hydrogen-bond acceptors (Lipinski definition) is 3. The Bertz CT molecular complexity index is 792. The molecule has 0 atom stereocenters. The van der Waals surface area contributed by atoms with Crippen molar-refractivity contribution in [3.05, 3.63) is 54.1 Å². The summed E-state index contributed by atoms with van der Waals surface area (Å²) < 4.78 is 2.02. The number of aryl methyl sites for hydroxylation is 1. The Morgan fingerprint density at radius 1 is 1.26 bits per heavy atom. The molecule has 2 N–H and O–H groups in total. The summed E-state index contributed by atoms with van der Waals surface area (Å²) in [6, 6.07) is 8.32. The van der Waals surface area contributed by atoms with Crippen molar-refractivity contribution in [1.29, 1.82) is 0 Å². The van der Waals surface area contributed by atoms with Gasteiger partial charge in [0.15, 0.2) is 0 Å². The highest BCUT2D eigenvalue weighted by Crippen LogP contribution is 2.25. The van der Waals surface area contributed by atoms with Crippen molar-refractivity contribution >= 4 is 5.69 Å². The van der Waals surface area contributed by atoms with Crippen LogP contribution >= 0.6 is 0 Å². The molecule has 5 heteroatoms. The van der Waals surface area contributed by atoms with E-state index in [2.05, 4.69) is 59.5 Å². The highest BCUT2D eigenvalue weighted by Gasteiger charge is 2.19. The first-order chi connectivity index (χ1) is 10.9. The number of nitrogens with one attached hydrogen (secondary N) is 2. The van der Waals surface area contributed by atoms with Crippen LogP contribution in [0.4, 0.5) is 5.69 Å². The fourth-order valence-corrected chi connectivity index (χ4v) is 2.70. The van der Waals surface area contributed by atoms with Crippen LogP contribution in [0.15, 0.2) is 42.9 Å². The number of imidazole rings is 1. The average molecular weight is 309 g/mol. The van der Waals surface area contributed by atoms with Gasteiger partial charge < -0.3 is 9.88 Å². The summed E-state index contributed by atoms with van der Waals surface area (Å²) in [5.41, 5.74) is 4.60. The Balaban J connectivity index is 1.77. The van der Waals surface area contributed by atoms with Crippen molar-refractivity contribution in [1.82, 2.24) is 19.7 Å². The first-order valence-corrected chi connectivity index (χ1v) is 7.79. The number of hydrogen-bond donors (Lipinski definition) is 2. The molecule has 2 heterocycles. The summed E-state index contributed by atoms with van der Waals surface area (Å²) in [5.74, 6) is 0.965. The van der Waals surface area contributed by atoms with Crippen LogP contribution in [0.3, 0.4) is 0 Å². The van der Waals surface area contributed by atoms with E-state index in [1.165, 1.54) is 11.3 Å². The molecule has 0 amide bonds. The summed E-state index contributed by atoms with van der Waals surface area (Å²) in [4.78, 5) is 4.40. The van der Waals surface area contributed by atoms with Crippen LogP contribution in [0.1, 0.15) is 32.0 Å². The summed E-state index contributed by atoms with van der Waals surface area (Å²) >= 11 is 0. The lowest BCUT2D eigenvalue weighted by molar-refractivity contribution is 0.561. The molecule has 1 aromatic carbocycles. The zero-order valence-corrected chi connectivity index (χ0v) is 14.1. The van der Waals surface area contributed by atoms with Crippen molar-refractivity contribution in [2.45, 2.75) is 32.7 Å². The fourth-order valence-electron chi connectivity index (χ4n) is 2.70. The van der Waals surface area contributed by atoms with Gasteiger partial charge in [0.05, 0.1) is 6.20 Å². The molecule has 3 aromatic rings. The standard InChI is InChI=1S/C18H23N5/c1-18(2,3)16-14(12-21-22-16)11-20-15-7-5-6-13(10-15)17-19-8-9-23(17)4/h5-10,12,20H,11H2,1-4H3,(H,21,22). The number of nitrogens with zero attached hydrogens (tertiary/aromatic N) is 3. The maximum Gasteiger partial charge on any atom is 0.139 e. The largest absolute Gasteiger partial charge is 0.381 e. The first kappa shape index (κ1) is 15.3. The Morgan fingerprint density at radius 2 is 2.09 bits per heavy atom. The van der Waals surface area contributed by atoms with E-state index >= 15 is 0 Å². The van der Waals surface area contributed by atoms with E-state index < -0.39 is 0 Å². The monoisotopic (exact) mass is 309 g/mol. The average Bonchev–Trinajstić information content (AvgIpc) is 3.13. The van der Waals surface area contributed by atoms with Gasteiger partial charge >= 0.3 is 0 Å². The highest BCUT2D eigenvalue weighted by atomic mass is 15.1. The first-order valence-electron chi connectivity index (χ1n) is 7.79. The van der Waals surface area contributed by atoms with Gasteiger partial charge in [-0.2, -0.15) is 5.10 Å². The van der Waals surface area contributed by atoms with Gasteiger partial charge in [-0.25, -0.2) is 4.98 Å². The van der Waals surface area contributed by atoms with E-state index in [0.29, 0.717) is 0 Å². The van der Waals surface area contributed by atoms with Gasteiger partial charge in [0.2, 0.25) is 0 Å². The minimum Gasteiger partial charge on any atom is -0.381 e. The van der Waals surface area contributed by atoms with Gasteiger partial charge in [-0.3, -0.25) is 5.10 Å². The number of rotatable bonds is 4. The molecule has 0 aliphatic heterocycles. The lowest BCUT2D eigenvalue weighted by Gasteiger charge is -2.18. The van der Waals surface area contributed by atoms with Crippen LogP contribution in [0.2, 0.25) is 0 Å². The minimum absolute atomic E-state index is 0.0579. The van der Waals surface area contributed by atoms with Crippen LogP contribution in [0.25, 0.3) is 11.4 Å². The maximum absolute atomic E-state index is 4.40. The molecule has 5 nitrogen and oxygen atoms in total. The molecule has 0 saturated carbocycles. The fraction of sp³-hybridized carbons (Fsp3) is 0.333. The second-order valence-corrected chi connectivity index (χ2v) is 6.82. The summed E-state index contributed by atoms with van der Waals surface area (Å²) in [7, 11) is 2.00. The molecular formula is C18H23N5. The van der Waals surface area contributed by atoms with Gasteiger partial charge in [-0.15, -0.1) is 0 Å². The molecule has 0 aliphatic rings. The Hall–Kier alpha value is -2.56. The number of H-pyrrole nitrogens is 1. The normalized spacial score (nSPS) is 11.7. The molecule has 3 rings (SSSR count). The highest BCUT2D eigenvalue weighted by molar-refractivity contribution is 5.62. The van der Waals surface area contributed by atoms with Gasteiger partial charge in [-0.05, 0) is 12.1 Å². The third-order valence-electron chi connectivity index (χ3n) is 3.89. The van der Waals surface area contributed by atoms with E-state index in [4.69, 9.17) is 0 Å². The van der Waals surface area contributed by atoms with Crippen LogP contribution in [-0.2, 0) is 19.0 Å². The second kappa shape index (κ2) is 5.91. The van der Waals surface area contributed by atoms with E-state index in [1.807, 2.05) is 36.3 Å². The molecular weight excluding hydrogens is 286 g/mol. The Kier molecular flexibility index (Phi) is 3.94. The molecule has 0 bridgehead atoms. The third-order valence-corrected chi connectivity index (χ3v) is 3.89. The summed E-state index contributed by atoms with van der Waals surface area (Å²) in [5, 5.41) is 10.8. The lowest BCUT2D eigenvalue weighted by atomic mass is 9.89. The topological polar surface area (TPSA) is 58.5 Å². The number of anilines is 1. The van der Waals surface area contributed by atoms with Crippen molar-refractivity contribution < 1.29 is 0 Å². The van der Waals surface area contributed by atoms with E-state index in [0.717, 1.165) is 23.6 Å². The van der Waals surface area contributed by atoms with Crippen molar-refractivity contribution in [2.75, 3.05) is 5.32 Å². The smallest absolute Gasteiger partial charge is 0.139 e. The molecule has 120 valence electrons. The zero-order valence-electron chi connectivity index (χ0n) is 14.1. The van der Waals surface area contributed by atoms with Crippen molar-refractivity contribution in [2.24, 2.45) is 7.05 Å². The van der Waals surface area contributed by atoms with Crippen LogP contribution in [0.5, 0.6) is 0 Å². The van der Waals surface area contributed by atoms with E-state index in [9.17, 15) is 0 Å². The molecule has 2 aromatic heterocycles. The molecule has 0 unspecified atom stereocenters. The lowest BCUT2D eigenvalue weighted by Crippen LogP contribution is -2.15. The molecule has 0 saturated heterocycles. The maximum atomic E-state index is 4.40. The SMILES string of the molecule is Cn1ccnc1-c1cccc(NCc2cn[nH]c2C(C)(C)C)c1. The van der Waals surface area contributed by atoms with Crippen LogP contribution in [0, 0.1) is 0 Å². The van der Waals surface area contributed by atoms with Gasteiger partial charge in [0, 0.05) is 53.9 Å². The molecule has 23 heavy (non-hydrogen) atoms. The third kappa shape index (κ3) is 3.28. The van der Waals surface area contributed by atoms with Crippen molar-refractivity contribution in [3.63, 3.8) is 0 Å². The number of aromatic nitrogens is 4. The van der Waals surface area contributed by atoms with Crippen LogP contribution in [-0.4, -0.2) is 19.7 Å². The second-order valence-electron chi connectivity index (χ2n) is 6.82. The molecule has 0 radical (unpaired) electrons. The van der Waals surface area contributed by atoms with Gasteiger partial charge in [0.25, 0.3) is 0 Å². The summed E-state index contributed by atoms with van der Waals surface area (Å²) in [6.07, 6.45) is 5.67. The Morgan fingerprint density at radius 3 is 2.78 bits per heavy atom.